The van der Waals surface area contributed by atoms with Crippen molar-refractivity contribution in [2.45, 2.75) is 19.4 Å². The van der Waals surface area contributed by atoms with Gasteiger partial charge in [-0.2, -0.15) is 0 Å². The summed E-state index contributed by atoms with van der Waals surface area (Å²) >= 11 is 0. The summed E-state index contributed by atoms with van der Waals surface area (Å²) in [5, 5.41) is 0. The van der Waals surface area contributed by atoms with Gasteiger partial charge in [-0.25, -0.2) is 0 Å². The molecule has 0 aliphatic carbocycles. The zero-order valence-corrected chi connectivity index (χ0v) is 7.72. The predicted molar refractivity (Wildman–Crippen MR) is 49.0 cm³/mol. The summed E-state index contributed by atoms with van der Waals surface area (Å²) in [6.45, 7) is 3.89. The van der Waals surface area contributed by atoms with Crippen LogP contribution in [0.2, 0.25) is 0 Å². The fourth-order valence-corrected chi connectivity index (χ4v) is 0.945. The number of hydrogen-bond acceptors (Lipinski definition) is 2. The van der Waals surface area contributed by atoms with Crippen LogP contribution in [-0.2, 0) is 5.54 Å². The van der Waals surface area contributed by atoms with Crippen LogP contribution in [0.15, 0.2) is 18.2 Å². The Morgan fingerprint density at radius 2 is 2.17 bits per heavy atom. The molecule has 0 aromatic heterocycles. The molecule has 1 aromatic carbocycles. The minimum Gasteiger partial charge on any atom is -0.497 e. The first-order chi connectivity index (χ1) is 5.54. The molecule has 1 rings (SSSR count). The maximum atomic E-state index is 5.89. The lowest BCUT2D eigenvalue weighted by molar-refractivity contribution is 0.412. The molecule has 1 radical (unpaired) electrons. The molecule has 2 N–H and O–H groups in total. The number of nitrogens with two attached hydrogens (primary N) is 1. The number of hydrogen-bond donors (Lipinski definition) is 1. The van der Waals surface area contributed by atoms with Gasteiger partial charge in [0, 0.05) is 5.54 Å². The molecule has 0 atom stereocenters. The van der Waals surface area contributed by atoms with Gasteiger partial charge in [-0.15, -0.1) is 0 Å². The predicted octanol–water partition coefficient (Wildman–Crippen LogP) is 1.69. The summed E-state index contributed by atoms with van der Waals surface area (Å²) in [5.74, 6) is 0.822. The van der Waals surface area contributed by atoms with Gasteiger partial charge in [-0.1, -0.05) is 6.07 Å². The lowest BCUT2D eigenvalue weighted by atomic mass is 9.96. The van der Waals surface area contributed by atoms with Crippen molar-refractivity contribution in [2.24, 2.45) is 5.73 Å². The van der Waals surface area contributed by atoms with Gasteiger partial charge in [-0.05, 0) is 37.6 Å². The van der Waals surface area contributed by atoms with Crippen LogP contribution in [0.1, 0.15) is 19.4 Å². The van der Waals surface area contributed by atoms with E-state index in [0.717, 1.165) is 11.3 Å². The first-order valence-electron chi connectivity index (χ1n) is 3.89. The van der Waals surface area contributed by atoms with E-state index in [-0.39, 0.29) is 5.54 Å². The molecule has 0 aliphatic heterocycles. The second-order valence-corrected chi connectivity index (χ2v) is 3.36. The lowest BCUT2D eigenvalue weighted by Gasteiger charge is -2.18. The molecular formula is C10H14NO. The molecule has 0 heterocycles. The Balaban J connectivity index is 3.02. The first kappa shape index (κ1) is 9.07. The van der Waals surface area contributed by atoms with Gasteiger partial charge in [0.15, 0.2) is 0 Å². The SMILES string of the molecule is COc1cc[c]c(C(C)(C)N)c1. The highest BCUT2D eigenvalue weighted by molar-refractivity contribution is 5.31. The monoisotopic (exact) mass is 164 g/mol. The van der Waals surface area contributed by atoms with Crippen molar-refractivity contribution in [1.29, 1.82) is 0 Å². The van der Waals surface area contributed by atoms with E-state index >= 15 is 0 Å². The summed E-state index contributed by atoms with van der Waals surface area (Å²) in [4.78, 5) is 0. The molecule has 65 valence electrons. The maximum absolute atomic E-state index is 5.89. The molecule has 2 heteroatoms. The molecule has 2 nitrogen and oxygen atoms in total. The topological polar surface area (TPSA) is 35.2 Å². The molecule has 12 heavy (non-hydrogen) atoms. The summed E-state index contributed by atoms with van der Waals surface area (Å²) in [5.41, 5.74) is 6.50. The zero-order chi connectivity index (χ0) is 9.19. The Hall–Kier alpha value is -1.02. The Morgan fingerprint density at radius 1 is 1.50 bits per heavy atom. The van der Waals surface area contributed by atoms with Crippen LogP contribution in [0.5, 0.6) is 5.75 Å². The smallest absolute Gasteiger partial charge is 0.119 e. The zero-order valence-electron chi connectivity index (χ0n) is 7.72. The van der Waals surface area contributed by atoms with E-state index < -0.39 is 0 Å². The van der Waals surface area contributed by atoms with E-state index in [4.69, 9.17) is 10.5 Å². The third kappa shape index (κ3) is 1.98. The van der Waals surface area contributed by atoms with Gasteiger partial charge in [-0.3, -0.25) is 0 Å². The second kappa shape index (κ2) is 3.15. The Labute approximate surface area is 73.3 Å². The van der Waals surface area contributed by atoms with E-state index in [1.807, 2.05) is 32.0 Å². The van der Waals surface area contributed by atoms with Crippen LogP contribution in [0.4, 0.5) is 0 Å². The normalized spacial score (nSPS) is 11.3. The average molecular weight is 164 g/mol. The molecular weight excluding hydrogens is 150 g/mol. The molecule has 1 aromatic rings. The molecule has 0 aliphatic rings. The van der Waals surface area contributed by atoms with Crippen molar-refractivity contribution >= 4 is 0 Å². The van der Waals surface area contributed by atoms with Gasteiger partial charge >= 0.3 is 0 Å². The highest BCUT2D eigenvalue weighted by Crippen LogP contribution is 2.20. The second-order valence-electron chi connectivity index (χ2n) is 3.36. The highest BCUT2D eigenvalue weighted by Gasteiger charge is 2.14. The van der Waals surface area contributed by atoms with Crippen LogP contribution in [0.3, 0.4) is 0 Å². The maximum Gasteiger partial charge on any atom is 0.119 e. The van der Waals surface area contributed by atoms with Crippen molar-refractivity contribution in [3.63, 3.8) is 0 Å². The van der Waals surface area contributed by atoms with Crippen molar-refractivity contribution < 1.29 is 4.74 Å². The van der Waals surface area contributed by atoms with E-state index in [9.17, 15) is 0 Å². The van der Waals surface area contributed by atoms with Crippen molar-refractivity contribution in [2.75, 3.05) is 7.11 Å². The van der Waals surface area contributed by atoms with E-state index in [0.29, 0.717) is 0 Å². The molecule has 0 saturated carbocycles. The van der Waals surface area contributed by atoms with Gasteiger partial charge < -0.3 is 10.5 Å². The average Bonchev–Trinajstić information content (AvgIpc) is 2.03. The third-order valence-electron chi connectivity index (χ3n) is 1.70. The Morgan fingerprint density at radius 3 is 2.67 bits per heavy atom. The summed E-state index contributed by atoms with van der Waals surface area (Å²) in [7, 11) is 1.64. The summed E-state index contributed by atoms with van der Waals surface area (Å²) < 4.78 is 5.07. The van der Waals surface area contributed by atoms with E-state index in [1.54, 1.807) is 7.11 Å². The Bertz CT molecular complexity index is 263. The lowest BCUT2D eigenvalue weighted by Crippen LogP contribution is -2.28. The minimum atomic E-state index is -0.353. The summed E-state index contributed by atoms with van der Waals surface area (Å²) in [6, 6.07) is 8.66. The number of ether oxygens (including phenoxy) is 1. The van der Waals surface area contributed by atoms with Gasteiger partial charge in [0.2, 0.25) is 0 Å². The van der Waals surface area contributed by atoms with Gasteiger partial charge in [0.25, 0.3) is 0 Å². The van der Waals surface area contributed by atoms with Crippen molar-refractivity contribution in [1.82, 2.24) is 0 Å². The van der Waals surface area contributed by atoms with Crippen LogP contribution in [0.25, 0.3) is 0 Å². The Kier molecular flexibility index (Phi) is 2.38. The van der Waals surface area contributed by atoms with Crippen LogP contribution in [0, 0.1) is 6.07 Å². The standard InChI is InChI=1S/C10H14NO/c1-10(2,11)8-5-4-6-9(7-8)12-3/h4,6-7H,11H2,1-3H3. The van der Waals surface area contributed by atoms with Crippen molar-refractivity contribution in [3.05, 3.63) is 29.8 Å². The first-order valence-corrected chi connectivity index (χ1v) is 3.89. The number of methoxy groups -OCH3 is 1. The van der Waals surface area contributed by atoms with Crippen molar-refractivity contribution in [3.8, 4) is 5.75 Å². The van der Waals surface area contributed by atoms with Gasteiger partial charge in [0.05, 0.1) is 7.11 Å². The minimum absolute atomic E-state index is 0.353. The molecule has 0 amide bonds. The third-order valence-corrected chi connectivity index (χ3v) is 1.70. The quantitative estimate of drug-likeness (QED) is 0.722. The van der Waals surface area contributed by atoms with E-state index in [1.165, 1.54) is 0 Å². The fraction of sp³-hybridized carbons (Fsp3) is 0.400. The van der Waals surface area contributed by atoms with Gasteiger partial charge in [0.1, 0.15) is 5.75 Å². The number of rotatable bonds is 2. The molecule has 0 spiro atoms. The fourth-order valence-electron chi connectivity index (χ4n) is 0.945. The molecule has 0 unspecified atom stereocenters. The highest BCUT2D eigenvalue weighted by atomic mass is 16.5. The molecule has 0 bridgehead atoms. The van der Waals surface area contributed by atoms with E-state index in [2.05, 4.69) is 6.07 Å². The molecule has 0 saturated heterocycles. The molecule has 0 fully saturated rings. The largest absolute Gasteiger partial charge is 0.497 e. The summed E-state index contributed by atoms with van der Waals surface area (Å²) in [6.07, 6.45) is 0. The van der Waals surface area contributed by atoms with Crippen LogP contribution < -0.4 is 10.5 Å². The number of benzene rings is 1. The van der Waals surface area contributed by atoms with Crippen LogP contribution >= 0.6 is 0 Å². The van der Waals surface area contributed by atoms with Crippen LogP contribution in [-0.4, -0.2) is 7.11 Å².